The second kappa shape index (κ2) is 6.76. The normalized spacial score (nSPS) is 11.1. The molecule has 144 valence electrons. The standard InChI is InChI=1S/C21H12ClN7O/c1-10-11(9-23)3-2-4-13(10)19-18(24-15-5-6-17(30)25-21(15)26-19)12-7-14(22)20-16(8-12)27-29-28-20/h2-8H,1H3,(H,25,26,30)(H,27,28,29). The number of H-pyrrole nitrogens is 2. The summed E-state index contributed by atoms with van der Waals surface area (Å²) in [5.41, 5.74) is 5.57. The molecule has 30 heavy (non-hydrogen) atoms. The van der Waals surface area contributed by atoms with Gasteiger partial charge in [0.2, 0.25) is 5.56 Å². The van der Waals surface area contributed by atoms with E-state index in [0.29, 0.717) is 49.7 Å². The number of nitrogens with zero attached hydrogens (tertiary/aromatic N) is 5. The van der Waals surface area contributed by atoms with Crippen LogP contribution in [0.15, 0.2) is 47.3 Å². The first kappa shape index (κ1) is 18.0. The first-order valence-corrected chi connectivity index (χ1v) is 9.34. The zero-order chi connectivity index (χ0) is 20.8. The van der Waals surface area contributed by atoms with Crippen molar-refractivity contribution in [3.05, 3.63) is 69.0 Å². The van der Waals surface area contributed by atoms with E-state index < -0.39 is 0 Å². The van der Waals surface area contributed by atoms with Crippen molar-refractivity contribution < 1.29 is 0 Å². The molecule has 3 aromatic heterocycles. The van der Waals surface area contributed by atoms with E-state index in [1.54, 1.807) is 24.3 Å². The Hall–Kier alpha value is -4.09. The van der Waals surface area contributed by atoms with Gasteiger partial charge in [-0.25, -0.2) is 9.97 Å². The highest BCUT2D eigenvalue weighted by atomic mass is 35.5. The smallest absolute Gasteiger partial charge is 0.249 e. The Balaban J connectivity index is 1.88. The molecule has 3 heterocycles. The van der Waals surface area contributed by atoms with Crippen LogP contribution in [0.1, 0.15) is 11.1 Å². The van der Waals surface area contributed by atoms with Crippen LogP contribution in [-0.4, -0.2) is 30.4 Å². The first-order chi connectivity index (χ1) is 14.5. The molecule has 5 aromatic rings. The molecule has 0 saturated carbocycles. The van der Waals surface area contributed by atoms with Crippen molar-refractivity contribution in [1.82, 2.24) is 30.4 Å². The summed E-state index contributed by atoms with van der Waals surface area (Å²) in [6.45, 7) is 1.85. The fourth-order valence-corrected chi connectivity index (χ4v) is 3.67. The van der Waals surface area contributed by atoms with Crippen LogP contribution in [-0.2, 0) is 0 Å². The van der Waals surface area contributed by atoms with Gasteiger partial charge < -0.3 is 4.98 Å². The summed E-state index contributed by atoms with van der Waals surface area (Å²) in [5.74, 6) is 0. The van der Waals surface area contributed by atoms with Crippen molar-refractivity contribution in [3.63, 3.8) is 0 Å². The van der Waals surface area contributed by atoms with Crippen LogP contribution in [0.2, 0.25) is 5.02 Å². The van der Waals surface area contributed by atoms with Crippen LogP contribution in [0.5, 0.6) is 0 Å². The van der Waals surface area contributed by atoms with E-state index in [1.165, 1.54) is 6.07 Å². The molecular weight excluding hydrogens is 402 g/mol. The van der Waals surface area contributed by atoms with E-state index >= 15 is 0 Å². The molecule has 0 radical (unpaired) electrons. The van der Waals surface area contributed by atoms with Crippen molar-refractivity contribution >= 4 is 33.8 Å². The van der Waals surface area contributed by atoms with Gasteiger partial charge in [-0.15, -0.1) is 0 Å². The molecule has 0 fully saturated rings. The van der Waals surface area contributed by atoms with Crippen LogP contribution in [0, 0.1) is 18.3 Å². The number of aromatic amines is 2. The quantitative estimate of drug-likeness (QED) is 0.454. The highest BCUT2D eigenvalue weighted by Crippen LogP contribution is 2.35. The van der Waals surface area contributed by atoms with Crippen LogP contribution in [0.3, 0.4) is 0 Å². The summed E-state index contributed by atoms with van der Waals surface area (Å²) in [7, 11) is 0. The van der Waals surface area contributed by atoms with E-state index in [9.17, 15) is 10.1 Å². The number of halogens is 1. The minimum absolute atomic E-state index is 0.273. The van der Waals surface area contributed by atoms with Gasteiger partial charge in [-0.2, -0.15) is 20.7 Å². The number of hydrogen-bond donors (Lipinski definition) is 2. The number of nitrogens with one attached hydrogen (secondary N) is 2. The van der Waals surface area contributed by atoms with Crippen LogP contribution >= 0.6 is 11.6 Å². The average Bonchev–Trinajstić information content (AvgIpc) is 3.22. The summed E-state index contributed by atoms with van der Waals surface area (Å²) in [5, 5.41) is 20.6. The maximum Gasteiger partial charge on any atom is 0.249 e. The summed E-state index contributed by atoms with van der Waals surface area (Å²) in [6.07, 6.45) is 0. The lowest BCUT2D eigenvalue weighted by Crippen LogP contribution is -2.06. The fraction of sp³-hybridized carbons (Fsp3) is 0.0476. The maximum absolute atomic E-state index is 11.8. The van der Waals surface area contributed by atoms with Crippen molar-refractivity contribution in [2.75, 3.05) is 0 Å². The third kappa shape index (κ3) is 2.80. The number of rotatable bonds is 2. The van der Waals surface area contributed by atoms with Gasteiger partial charge in [0, 0.05) is 17.2 Å². The van der Waals surface area contributed by atoms with Crippen LogP contribution < -0.4 is 5.56 Å². The summed E-state index contributed by atoms with van der Waals surface area (Å²) >= 11 is 6.41. The predicted octanol–water partition coefficient (Wildman–Crippen LogP) is 3.76. The minimum Gasteiger partial charge on any atom is -0.305 e. The maximum atomic E-state index is 11.8. The number of pyridine rings is 1. The Labute approximate surface area is 174 Å². The lowest BCUT2D eigenvalue weighted by Gasteiger charge is -2.13. The molecule has 0 amide bonds. The highest BCUT2D eigenvalue weighted by molar-refractivity contribution is 6.35. The summed E-state index contributed by atoms with van der Waals surface area (Å²) < 4.78 is 0. The van der Waals surface area contributed by atoms with E-state index in [1.807, 2.05) is 19.1 Å². The largest absolute Gasteiger partial charge is 0.305 e. The van der Waals surface area contributed by atoms with E-state index in [2.05, 4.69) is 26.5 Å². The van der Waals surface area contributed by atoms with Crippen molar-refractivity contribution in [1.29, 1.82) is 5.26 Å². The van der Waals surface area contributed by atoms with E-state index in [4.69, 9.17) is 21.6 Å². The summed E-state index contributed by atoms with van der Waals surface area (Å²) in [6, 6.07) is 14.2. The Morgan fingerprint density at radius 2 is 1.90 bits per heavy atom. The number of hydrogen-bond acceptors (Lipinski definition) is 6. The zero-order valence-corrected chi connectivity index (χ0v) is 16.3. The monoisotopic (exact) mass is 413 g/mol. The van der Waals surface area contributed by atoms with Gasteiger partial charge in [-0.3, -0.25) is 4.79 Å². The molecule has 9 heteroatoms. The lowest BCUT2D eigenvalue weighted by atomic mass is 9.97. The lowest BCUT2D eigenvalue weighted by molar-refractivity contribution is 0.959. The number of fused-ring (bicyclic) bond motifs is 2. The van der Waals surface area contributed by atoms with Crippen LogP contribution in [0.25, 0.3) is 44.7 Å². The Morgan fingerprint density at radius 3 is 2.73 bits per heavy atom. The van der Waals surface area contributed by atoms with Gasteiger partial charge in [0.15, 0.2) is 5.65 Å². The van der Waals surface area contributed by atoms with Gasteiger partial charge in [-0.1, -0.05) is 23.7 Å². The predicted molar refractivity (Wildman–Crippen MR) is 113 cm³/mol. The molecule has 0 bridgehead atoms. The molecule has 0 atom stereocenters. The van der Waals surface area contributed by atoms with Crippen molar-refractivity contribution in [2.45, 2.75) is 6.92 Å². The third-order valence-corrected chi connectivity index (χ3v) is 5.20. The molecule has 0 spiro atoms. The SMILES string of the molecule is Cc1c(C#N)cccc1-c1nc2[nH]c(=O)ccc2nc1-c1cc(Cl)c2n[nH]nc2c1. The molecule has 0 saturated heterocycles. The van der Waals surface area contributed by atoms with Gasteiger partial charge in [0.25, 0.3) is 0 Å². The van der Waals surface area contributed by atoms with Gasteiger partial charge >= 0.3 is 0 Å². The molecule has 2 N–H and O–H groups in total. The minimum atomic E-state index is -0.273. The molecule has 0 unspecified atom stereocenters. The third-order valence-electron chi connectivity index (χ3n) is 4.92. The fourth-order valence-electron chi connectivity index (χ4n) is 3.42. The second-order valence-corrected chi connectivity index (χ2v) is 7.12. The molecule has 2 aromatic carbocycles. The summed E-state index contributed by atoms with van der Waals surface area (Å²) in [4.78, 5) is 24.0. The first-order valence-electron chi connectivity index (χ1n) is 8.96. The molecule has 8 nitrogen and oxygen atoms in total. The van der Waals surface area contributed by atoms with Gasteiger partial charge in [0.1, 0.15) is 16.6 Å². The Morgan fingerprint density at radius 1 is 1.03 bits per heavy atom. The number of benzene rings is 2. The van der Waals surface area contributed by atoms with Gasteiger partial charge in [-0.05, 0) is 36.8 Å². The second-order valence-electron chi connectivity index (χ2n) is 6.72. The molecule has 0 aliphatic heterocycles. The van der Waals surface area contributed by atoms with Crippen molar-refractivity contribution in [2.24, 2.45) is 0 Å². The zero-order valence-electron chi connectivity index (χ0n) is 15.6. The molecular formula is C21H12ClN7O. The molecule has 0 aliphatic rings. The van der Waals surface area contributed by atoms with Gasteiger partial charge in [0.05, 0.1) is 28.0 Å². The van der Waals surface area contributed by atoms with Crippen LogP contribution in [0.4, 0.5) is 0 Å². The molecule has 5 rings (SSSR count). The average molecular weight is 414 g/mol. The van der Waals surface area contributed by atoms with E-state index in [-0.39, 0.29) is 5.56 Å². The highest BCUT2D eigenvalue weighted by Gasteiger charge is 2.18. The van der Waals surface area contributed by atoms with Crippen molar-refractivity contribution in [3.8, 4) is 28.6 Å². The number of nitriles is 1. The Bertz CT molecular complexity index is 1560. The number of aromatic nitrogens is 6. The van der Waals surface area contributed by atoms with E-state index in [0.717, 1.165) is 11.1 Å². The topological polar surface area (TPSA) is 124 Å². The Kier molecular flexibility index (Phi) is 4.05. The molecule has 0 aliphatic carbocycles.